The molecule has 0 unspecified atom stereocenters. The third-order valence-electron chi connectivity index (χ3n) is 4.20. The number of thiophene rings is 1. The Kier molecular flexibility index (Phi) is 3.73. The first-order valence-electron chi connectivity index (χ1n) is 7.73. The molecule has 0 spiro atoms. The van der Waals surface area contributed by atoms with Crippen molar-refractivity contribution in [2.24, 2.45) is 0 Å². The van der Waals surface area contributed by atoms with Gasteiger partial charge >= 0.3 is 5.97 Å². The zero-order valence-corrected chi connectivity index (χ0v) is 14.5. The number of aromatic nitrogens is 1. The minimum atomic E-state index is -0.578. The lowest BCUT2D eigenvalue weighted by Crippen LogP contribution is -2.18. The van der Waals surface area contributed by atoms with Gasteiger partial charge in [0, 0.05) is 5.39 Å². The number of benzene rings is 2. The van der Waals surface area contributed by atoms with Crippen molar-refractivity contribution in [2.45, 2.75) is 0 Å². The fraction of sp³-hybridized carbons (Fsp3) is 0.0526. The van der Waals surface area contributed by atoms with Gasteiger partial charge in [0.15, 0.2) is 0 Å². The second-order valence-electron chi connectivity index (χ2n) is 5.68. The molecule has 2 N–H and O–H groups in total. The maximum absolute atomic E-state index is 13.8. The van der Waals surface area contributed by atoms with Crippen molar-refractivity contribution in [3.63, 3.8) is 0 Å². The number of nitrogens with zero attached hydrogens (tertiary/aromatic N) is 1. The van der Waals surface area contributed by atoms with Gasteiger partial charge < -0.3 is 10.5 Å². The molecule has 130 valence electrons. The van der Waals surface area contributed by atoms with Crippen LogP contribution in [0.15, 0.2) is 53.3 Å². The highest BCUT2D eigenvalue weighted by atomic mass is 32.1. The van der Waals surface area contributed by atoms with Gasteiger partial charge in [0.25, 0.3) is 5.56 Å². The van der Waals surface area contributed by atoms with Crippen LogP contribution in [0.4, 0.5) is 10.1 Å². The summed E-state index contributed by atoms with van der Waals surface area (Å²) >= 11 is 1.08. The van der Waals surface area contributed by atoms with Crippen LogP contribution in [-0.2, 0) is 4.74 Å². The van der Waals surface area contributed by atoms with E-state index in [1.165, 1.54) is 29.9 Å². The summed E-state index contributed by atoms with van der Waals surface area (Å²) in [6, 6.07) is 12.9. The van der Waals surface area contributed by atoms with Gasteiger partial charge in [0.1, 0.15) is 15.5 Å². The predicted octanol–water partition coefficient (Wildman–Crippen LogP) is 3.71. The molecule has 0 saturated heterocycles. The van der Waals surface area contributed by atoms with Gasteiger partial charge in [-0.1, -0.05) is 24.3 Å². The number of halogens is 1. The molecule has 2 aromatic heterocycles. The van der Waals surface area contributed by atoms with E-state index in [0.717, 1.165) is 11.3 Å². The maximum Gasteiger partial charge on any atom is 0.350 e. The lowest BCUT2D eigenvalue weighted by molar-refractivity contribution is 0.0607. The number of pyridine rings is 1. The van der Waals surface area contributed by atoms with Crippen LogP contribution in [0.3, 0.4) is 0 Å². The second-order valence-corrected chi connectivity index (χ2v) is 6.68. The van der Waals surface area contributed by atoms with Crippen LogP contribution in [0.1, 0.15) is 9.67 Å². The molecule has 2 heterocycles. The number of nitrogen functional groups attached to an aromatic ring is 1. The number of fused-ring (bicyclic) bond motifs is 3. The van der Waals surface area contributed by atoms with Crippen LogP contribution in [0.25, 0.3) is 26.7 Å². The zero-order valence-electron chi connectivity index (χ0n) is 13.7. The molecule has 0 fully saturated rings. The van der Waals surface area contributed by atoms with E-state index in [9.17, 15) is 14.0 Å². The molecular weight excluding hydrogens is 355 g/mol. The first-order chi connectivity index (χ1) is 12.5. The number of para-hydroxylation sites is 1. The van der Waals surface area contributed by atoms with Crippen molar-refractivity contribution < 1.29 is 13.9 Å². The third-order valence-corrected chi connectivity index (χ3v) is 5.37. The smallest absolute Gasteiger partial charge is 0.350 e. The zero-order chi connectivity index (χ0) is 18.4. The lowest BCUT2D eigenvalue weighted by atomic mass is 10.1. The van der Waals surface area contributed by atoms with Crippen molar-refractivity contribution in [3.05, 3.63) is 69.6 Å². The average molecular weight is 368 g/mol. The summed E-state index contributed by atoms with van der Waals surface area (Å²) in [6.07, 6.45) is 0. The normalized spacial score (nSPS) is 11.2. The van der Waals surface area contributed by atoms with Gasteiger partial charge in [-0.25, -0.2) is 9.18 Å². The van der Waals surface area contributed by atoms with Gasteiger partial charge in [-0.2, -0.15) is 0 Å². The molecule has 5 nitrogen and oxygen atoms in total. The fourth-order valence-corrected chi connectivity index (χ4v) is 4.20. The number of rotatable bonds is 2. The van der Waals surface area contributed by atoms with E-state index in [1.54, 1.807) is 24.3 Å². The molecule has 0 bridgehead atoms. The van der Waals surface area contributed by atoms with Crippen LogP contribution < -0.4 is 11.3 Å². The third kappa shape index (κ3) is 2.28. The van der Waals surface area contributed by atoms with Crippen molar-refractivity contribution in [2.75, 3.05) is 12.8 Å². The topological polar surface area (TPSA) is 74.3 Å². The maximum atomic E-state index is 13.8. The van der Waals surface area contributed by atoms with Gasteiger partial charge in [0.05, 0.1) is 23.9 Å². The molecular formula is C19H13FN2O3S. The first kappa shape index (κ1) is 16.3. The Balaban J connectivity index is 2.26. The summed E-state index contributed by atoms with van der Waals surface area (Å²) in [4.78, 5) is 25.9. The van der Waals surface area contributed by atoms with E-state index in [0.29, 0.717) is 21.3 Å². The van der Waals surface area contributed by atoms with E-state index >= 15 is 0 Å². The number of methoxy groups -OCH3 is 1. The summed E-state index contributed by atoms with van der Waals surface area (Å²) in [5, 5.41) is 1.23. The van der Waals surface area contributed by atoms with Crippen molar-refractivity contribution >= 4 is 44.0 Å². The van der Waals surface area contributed by atoms with Crippen molar-refractivity contribution in [1.82, 2.24) is 4.57 Å². The molecule has 0 atom stereocenters. The summed E-state index contributed by atoms with van der Waals surface area (Å²) in [5.41, 5.74) is 6.66. The summed E-state index contributed by atoms with van der Waals surface area (Å²) in [5.74, 6) is -1.10. The molecule has 0 aliphatic rings. The van der Waals surface area contributed by atoms with Gasteiger partial charge in [-0.15, -0.1) is 11.3 Å². The predicted molar refractivity (Wildman–Crippen MR) is 101 cm³/mol. The molecule has 0 amide bonds. The monoisotopic (exact) mass is 368 g/mol. The molecule has 2 aromatic carbocycles. The quantitative estimate of drug-likeness (QED) is 0.547. The number of esters is 1. The highest BCUT2D eigenvalue weighted by Gasteiger charge is 2.23. The molecule has 7 heteroatoms. The van der Waals surface area contributed by atoms with E-state index in [-0.39, 0.29) is 21.5 Å². The fourth-order valence-electron chi connectivity index (χ4n) is 3.03. The Bertz CT molecular complexity index is 1230. The minimum absolute atomic E-state index is 0.197. The molecule has 0 aliphatic carbocycles. The minimum Gasteiger partial charge on any atom is -0.465 e. The molecule has 26 heavy (non-hydrogen) atoms. The van der Waals surface area contributed by atoms with Gasteiger partial charge in [-0.3, -0.25) is 9.36 Å². The Hall–Kier alpha value is -3.19. The first-order valence-corrected chi connectivity index (χ1v) is 8.54. The summed E-state index contributed by atoms with van der Waals surface area (Å²) < 4.78 is 20.0. The largest absolute Gasteiger partial charge is 0.465 e. The number of anilines is 1. The number of carbonyl (C=O) groups is 1. The van der Waals surface area contributed by atoms with E-state index in [4.69, 9.17) is 10.5 Å². The van der Waals surface area contributed by atoms with Crippen molar-refractivity contribution in [1.29, 1.82) is 0 Å². The highest BCUT2D eigenvalue weighted by molar-refractivity contribution is 7.21. The molecule has 0 radical (unpaired) electrons. The summed E-state index contributed by atoms with van der Waals surface area (Å²) in [7, 11) is 1.27. The van der Waals surface area contributed by atoms with Crippen molar-refractivity contribution in [3.8, 4) is 5.69 Å². The molecule has 4 rings (SSSR count). The number of carbonyl (C=O) groups excluding carboxylic acids is 1. The van der Waals surface area contributed by atoms with Crippen LogP contribution in [0.2, 0.25) is 0 Å². The molecule has 4 aromatic rings. The highest BCUT2D eigenvalue weighted by Crippen LogP contribution is 2.38. The van der Waals surface area contributed by atoms with Crippen LogP contribution >= 0.6 is 11.3 Å². The second kappa shape index (κ2) is 5.96. The number of ether oxygens (including phenoxy) is 1. The van der Waals surface area contributed by atoms with Crippen LogP contribution in [0.5, 0.6) is 0 Å². The van der Waals surface area contributed by atoms with Gasteiger partial charge in [0.2, 0.25) is 0 Å². The molecule has 0 saturated carbocycles. The Morgan fingerprint density at radius 3 is 2.58 bits per heavy atom. The lowest BCUT2D eigenvalue weighted by Gasteiger charge is -2.10. The molecule has 0 aliphatic heterocycles. The van der Waals surface area contributed by atoms with Crippen LogP contribution in [-0.4, -0.2) is 17.6 Å². The Morgan fingerprint density at radius 2 is 1.88 bits per heavy atom. The van der Waals surface area contributed by atoms with E-state index in [1.807, 2.05) is 6.07 Å². The summed E-state index contributed by atoms with van der Waals surface area (Å²) in [6.45, 7) is 0. The standard InChI is InChI=1S/C19H13FN2O3S/c1-25-19(24)16-15(21)14-12-8-7-10(20)9-13(12)17(23)22(18(14)26-16)11-5-3-2-4-6-11/h2-9H,21H2,1H3. The van der Waals surface area contributed by atoms with E-state index < -0.39 is 11.8 Å². The van der Waals surface area contributed by atoms with Crippen LogP contribution in [0, 0.1) is 5.82 Å². The number of nitrogens with two attached hydrogens (primary N) is 1. The van der Waals surface area contributed by atoms with E-state index in [2.05, 4.69) is 0 Å². The number of hydrogen-bond donors (Lipinski definition) is 1. The number of hydrogen-bond acceptors (Lipinski definition) is 5. The Labute approximate surface area is 151 Å². The Morgan fingerprint density at radius 1 is 1.15 bits per heavy atom. The van der Waals surface area contributed by atoms with Gasteiger partial charge in [-0.05, 0) is 29.7 Å². The average Bonchev–Trinajstić information content (AvgIpc) is 2.99. The SMILES string of the molecule is COC(=O)c1sc2c(c1N)c1ccc(F)cc1c(=O)n2-c1ccccc1.